The van der Waals surface area contributed by atoms with Crippen molar-refractivity contribution in [2.24, 2.45) is 5.92 Å². The van der Waals surface area contributed by atoms with E-state index in [1.54, 1.807) is 37.4 Å². The van der Waals surface area contributed by atoms with Crippen molar-refractivity contribution >= 4 is 23.2 Å². The summed E-state index contributed by atoms with van der Waals surface area (Å²) >= 11 is 0. The first-order valence-electron chi connectivity index (χ1n) is 10.1. The van der Waals surface area contributed by atoms with Crippen LogP contribution in [0.1, 0.15) is 42.5 Å². The molecule has 1 aliphatic carbocycles. The number of amides is 2. The van der Waals surface area contributed by atoms with Crippen LogP contribution in [0, 0.1) is 5.92 Å². The average molecular weight is 412 g/mol. The smallest absolute Gasteiger partial charge is 0.255 e. The molecule has 0 radical (unpaired) electrons. The number of methoxy groups -OCH3 is 3. The summed E-state index contributed by atoms with van der Waals surface area (Å²) in [5.74, 6) is 1.26. The van der Waals surface area contributed by atoms with Gasteiger partial charge >= 0.3 is 0 Å². The van der Waals surface area contributed by atoms with Gasteiger partial charge in [-0.15, -0.1) is 0 Å². The first kappa shape index (κ1) is 21.5. The second kappa shape index (κ2) is 10.0. The van der Waals surface area contributed by atoms with Gasteiger partial charge in [0.05, 0.1) is 32.7 Å². The number of carbonyl (C=O) groups excluding carboxylic acids is 2. The molecule has 1 saturated carbocycles. The third-order valence-corrected chi connectivity index (χ3v) is 5.32. The van der Waals surface area contributed by atoms with Gasteiger partial charge in [-0.05, 0) is 43.0 Å². The minimum absolute atomic E-state index is 0.0930. The SMILES string of the molecule is COc1ccccc1NC(=O)c1cc(NC(=O)CC2CCCC2)c(OC)c(OC)c1. The Balaban J connectivity index is 1.84. The van der Waals surface area contributed by atoms with Gasteiger partial charge in [0.15, 0.2) is 11.5 Å². The van der Waals surface area contributed by atoms with Crippen LogP contribution in [-0.4, -0.2) is 33.1 Å². The highest BCUT2D eigenvalue weighted by atomic mass is 16.5. The Bertz CT molecular complexity index is 906. The zero-order valence-electron chi connectivity index (χ0n) is 17.6. The molecule has 2 aromatic carbocycles. The van der Waals surface area contributed by atoms with E-state index < -0.39 is 0 Å². The number of para-hydroxylation sites is 2. The van der Waals surface area contributed by atoms with Crippen LogP contribution in [0.15, 0.2) is 36.4 Å². The van der Waals surface area contributed by atoms with Crippen LogP contribution in [0.4, 0.5) is 11.4 Å². The second-order valence-corrected chi connectivity index (χ2v) is 7.32. The molecule has 2 amide bonds. The van der Waals surface area contributed by atoms with E-state index in [0.29, 0.717) is 46.5 Å². The molecule has 160 valence electrons. The lowest BCUT2D eigenvalue weighted by Crippen LogP contribution is -2.17. The van der Waals surface area contributed by atoms with Crippen LogP contribution in [0.3, 0.4) is 0 Å². The van der Waals surface area contributed by atoms with Crippen molar-refractivity contribution in [3.8, 4) is 17.2 Å². The first-order valence-corrected chi connectivity index (χ1v) is 10.1. The highest BCUT2D eigenvalue weighted by Gasteiger charge is 2.22. The van der Waals surface area contributed by atoms with Crippen molar-refractivity contribution in [3.63, 3.8) is 0 Å². The number of rotatable bonds is 8. The largest absolute Gasteiger partial charge is 0.495 e. The third kappa shape index (κ3) is 5.03. The molecule has 2 aromatic rings. The lowest BCUT2D eigenvalue weighted by Gasteiger charge is -2.17. The first-order chi connectivity index (χ1) is 14.5. The van der Waals surface area contributed by atoms with E-state index >= 15 is 0 Å². The molecule has 30 heavy (non-hydrogen) atoms. The van der Waals surface area contributed by atoms with Crippen molar-refractivity contribution < 1.29 is 23.8 Å². The number of carbonyl (C=O) groups is 2. The molecule has 0 spiro atoms. The summed E-state index contributed by atoms with van der Waals surface area (Å²) in [4.78, 5) is 25.5. The maximum atomic E-state index is 12.9. The van der Waals surface area contributed by atoms with Gasteiger partial charge in [0, 0.05) is 12.0 Å². The molecule has 7 heteroatoms. The molecule has 0 unspecified atom stereocenters. The van der Waals surface area contributed by atoms with Gasteiger partial charge in [-0.3, -0.25) is 9.59 Å². The van der Waals surface area contributed by atoms with E-state index in [-0.39, 0.29) is 11.8 Å². The average Bonchev–Trinajstić information content (AvgIpc) is 3.26. The number of anilines is 2. The zero-order chi connectivity index (χ0) is 21.5. The lowest BCUT2D eigenvalue weighted by molar-refractivity contribution is -0.117. The molecule has 0 bridgehead atoms. The summed E-state index contributed by atoms with van der Waals surface area (Å²) in [6, 6.07) is 10.3. The van der Waals surface area contributed by atoms with E-state index in [2.05, 4.69) is 10.6 Å². The van der Waals surface area contributed by atoms with Gasteiger partial charge in [-0.25, -0.2) is 0 Å². The Hall–Kier alpha value is -3.22. The van der Waals surface area contributed by atoms with E-state index in [9.17, 15) is 9.59 Å². The minimum atomic E-state index is -0.355. The maximum Gasteiger partial charge on any atom is 0.255 e. The van der Waals surface area contributed by atoms with Crippen molar-refractivity contribution in [1.29, 1.82) is 0 Å². The monoisotopic (exact) mass is 412 g/mol. The Morgan fingerprint density at radius 1 is 0.900 bits per heavy atom. The third-order valence-electron chi connectivity index (χ3n) is 5.32. The lowest BCUT2D eigenvalue weighted by atomic mass is 10.0. The quantitative estimate of drug-likeness (QED) is 0.667. The van der Waals surface area contributed by atoms with Crippen LogP contribution in [0.25, 0.3) is 0 Å². The predicted molar refractivity (Wildman–Crippen MR) is 116 cm³/mol. The highest BCUT2D eigenvalue weighted by molar-refractivity contribution is 6.07. The number of hydrogen-bond donors (Lipinski definition) is 2. The van der Waals surface area contributed by atoms with Gasteiger partial charge in [0.25, 0.3) is 5.91 Å². The van der Waals surface area contributed by atoms with E-state index in [1.165, 1.54) is 27.1 Å². The molecule has 0 aliphatic heterocycles. The van der Waals surface area contributed by atoms with Crippen molar-refractivity contribution in [2.75, 3.05) is 32.0 Å². The second-order valence-electron chi connectivity index (χ2n) is 7.32. The summed E-state index contributed by atoms with van der Waals surface area (Å²) in [7, 11) is 4.53. The number of nitrogens with one attached hydrogen (secondary N) is 2. The Labute approximate surface area is 176 Å². The van der Waals surface area contributed by atoms with Gasteiger partial charge in [0.2, 0.25) is 5.91 Å². The Morgan fingerprint density at radius 3 is 2.27 bits per heavy atom. The summed E-state index contributed by atoms with van der Waals surface area (Å²) in [6.45, 7) is 0. The van der Waals surface area contributed by atoms with Gasteiger partial charge in [0.1, 0.15) is 5.75 Å². The van der Waals surface area contributed by atoms with Gasteiger partial charge in [-0.2, -0.15) is 0 Å². The van der Waals surface area contributed by atoms with E-state index in [0.717, 1.165) is 12.8 Å². The molecule has 0 heterocycles. The summed E-state index contributed by atoms with van der Waals surface area (Å²) < 4.78 is 16.1. The van der Waals surface area contributed by atoms with Crippen molar-refractivity contribution in [3.05, 3.63) is 42.0 Å². The molecule has 3 rings (SSSR count). The molecule has 1 fully saturated rings. The van der Waals surface area contributed by atoms with Crippen LogP contribution in [0.5, 0.6) is 17.2 Å². The fourth-order valence-corrected chi connectivity index (χ4v) is 3.81. The topological polar surface area (TPSA) is 85.9 Å². The Morgan fingerprint density at radius 2 is 1.60 bits per heavy atom. The summed E-state index contributed by atoms with van der Waals surface area (Å²) in [5, 5.41) is 5.73. The van der Waals surface area contributed by atoms with Crippen LogP contribution >= 0.6 is 0 Å². The minimum Gasteiger partial charge on any atom is -0.495 e. The summed E-state index contributed by atoms with van der Waals surface area (Å²) in [6.07, 6.45) is 4.97. The van der Waals surface area contributed by atoms with Gasteiger partial charge in [-0.1, -0.05) is 25.0 Å². The number of ether oxygens (including phenoxy) is 3. The zero-order valence-corrected chi connectivity index (χ0v) is 17.6. The molecule has 7 nitrogen and oxygen atoms in total. The molecule has 0 atom stereocenters. The van der Waals surface area contributed by atoms with Crippen LogP contribution in [0.2, 0.25) is 0 Å². The van der Waals surface area contributed by atoms with E-state index in [1.807, 2.05) is 6.07 Å². The molecule has 2 N–H and O–H groups in total. The van der Waals surface area contributed by atoms with Crippen molar-refractivity contribution in [2.45, 2.75) is 32.1 Å². The highest BCUT2D eigenvalue weighted by Crippen LogP contribution is 2.38. The fourth-order valence-electron chi connectivity index (χ4n) is 3.81. The summed E-state index contributed by atoms with van der Waals surface area (Å²) in [5.41, 5.74) is 1.28. The molecular weight excluding hydrogens is 384 g/mol. The Kier molecular flexibility index (Phi) is 7.17. The number of hydrogen-bond acceptors (Lipinski definition) is 5. The van der Waals surface area contributed by atoms with Crippen molar-refractivity contribution in [1.82, 2.24) is 0 Å². The fraction of sp³-hybridized carbons (Fsp3) is 0.391. The molecular formula is C23H28N2O5. The van der Waals surface area contributed by atoms with Crippen LogP contribution in [-0.2, 0) is 4.79 Å². The molecule has 1 aliphatic rings. The predicted octanol–water partition coefficient (Wildman–Crippen LogP) is 4.48. The van der Waals surface area contributed by atoms with Gasteiger partial charge < -0.3 is 24.8 Å². The number of benzene rings is 2. The molecule has 0 saturated heterocycles. The van der Waals surface area contributed by atoms with Crippen LogP contribution < -0.4 is 24.8 Å². The molecule has 0 aromatic heterocycles. The normalized spacial score (nSPS) is 13.6. The standard InChI is InChI=1S/C23H28N2O5/c1-28-19-11-7-6-10-17(19)25-23(27)16-13-18(22(30-3)20(14-16)29-2)24-21(26)12-15-8-4-5-9-15/h6-7,10-11,13-15H,4-5,8-9,12H2,1-3H3,(H,24,26)(H,25,27). The van der Waals surface area contributed by atoms with E-state index in [4.69, 9.17) is 14.2 Å². The maximum absolute atomic E-state index is 12.9.